The summed E-state index contributed by atoms with van der Waals surface area (Å²) in [6.07, 6.45) is 0.754. The van der Waals surface area contributed by atoms with E-state index in [2.05, 4.69) is 11.4 Å². The molecule has 0 spiro atoms. The van der Waals surface area contributed by atoms with Crippen LogP contribution < -0.4 is 21.5 Å². The maximum Gasteiger partial charge on any atom is 0.150 e. The van der Waals surface area contributed by atoms with Crippen molar-refractivity contribution in [1.29, 1.82) is 0 Å². The van der Waals surface area contributed by atoms with Gasteiger partial charge >= 0.3 is 0 Å². The van der Waals surface area contributed by atoms with Crippen LogP contribution in [0.25, 0.3) is 0 Å². The second-order valence-electron chi connectivity index (χ2n) is 5.31. The normalized spacial score (nSPS) is 16.7. The van der Waals surface area contributed by atoms with Crippen LogP contribution in [-0.2, 0) is 5.54 Å². The van der Waals surface area contributed by atoms with Gasteiger partial charge in [-0.2, -0.15) is 0 Å². The molecule has 2 aromatic rings. The van der Waals surface area contributed by atoms with E-state index in [9.17, 15) is 0 Å². The Morgan fingerprint density at radius 3 is 2.81 bits per heavy atom. The Hall–Kier alpha value is -1.98. The Bertz CT molecular complexity index is 690. The van der Waals surface area contributed by atoms with E-state index in [1.807, 2.05) is 43.5 Å². The average molecular weight is 301 g/mol. The van der Waals surface area contributed by atoms with Gasteiger partial charge in [-0.05, 0) is 36.1 Å². The summed E-state index contributed by atoms with van der Waals surface area (Å²) in [5, 5.41) is 5.24. The summed E-state index contributed by atoms with van der Waals surface area (Å²) in [5.74, 6) is 2.12. The zero-order chi connectivity index (χ0) is 15.0. The molecule has 4 nitrogen and oxygen atoms in total. The van der Waals surface area contributed by atoms with Gasteiger partial charge in [-0.1, -0.05) is 19.1 Å². The van der Waals surface area contributed by atoms with E-state index in [0.29, 0.717) is 5.82 Å². The third-order valence-corrected chi connectivity index (χ3v) is 4.84. The summed E-state index contributed by atoms with van der Waals surface area (Å²) in [4.78, 5) is 1.12. The van der Waals surface area contributed by atoms with Gasteiger partial charge in [0.05, 0.1) is 11.2 Å². The highest BCUT2D eigenvalue weighted by Gasteiger charge is 2.27. The summed E-state index contributed by atoms with van der Waals surface area (Å²) in [6, 6.07) is 10.0. The van der Waals surface area contributed by atoms with Crippen molar-refractivity contribution in [2.24, 2.45) is 11.5 Å². The molecule has 0 bridgehead atoms. The standard InChI is InChI=1S/C16H19N3OS/c1-3-12-15(17)19-11-9-10(6-7-13(11)20-12)16(2,18)14-5-4-8-21-14/h4-9,19H,3,17-18H2,1-2H3. The van der Waals surface area contributed by atoms with E-state index in [1.54, 1.807) is 11.3 Å². The van der Waals surface area contributed by atoms with Crippen molar-refractivity contribution in [2.45, 2.75) is 25.8 Å². The highest BCUT2D eigenvalue weighted by atomic mass is 32.1. The van der Waals surface area contributed by atoms with Gasteiger partial charge in [0.1, 0.15) is 11.6 Å². The van der Waals surface area contributed by atoms with Crippen molar-refractivity contribution >= 4 is 17.0 Å². The minimum Gasteiger partial charge on any atom is -0.456 e. The first kappa shape index (κ1) is 14.0. The zero-order valence-electron chi connectivity index (χ0n) is 12.1. The number of nitrogens with two attached hydrogens (primary N) is 2. The number of hydrogen-bond acceptors (Lipinski definition) is 5. The number of hydrogen-bond donors (Lipinski definition) is 3. The SMILES string of the molecule is CCC1=C(N)Nc2cc(C(C)(N)c3cccs3)ccc2O1. The number of anilines is 1. The topological polar surface area (TPSA) is 73.3 Å². The molecular weight excluding hydrogens is 282 g/mol. The van der Waals surface area contributed by atoms with Crippen molar-refractivity contribution in [3.63, 3.8) is 0 Å². The number of thiophene rings is 1. The number of rotatable bonds is 3. The molecule has 0 saturated carbocycles. The van der Waals surface area contributed by atoms with Crippen LogP contribution in [0.3, 0.4) is 0 Å². The van der Waals surface area contributed by atoms with E-state index in [1.165, 1.54) is 0 Å². The Balaban J connectivity index is 1.98. The molecule has 2 heterocycles. The third-order valence-electron chi connectivity index (χ3n) is 3.74. The van der Waals surface area contributed by atoms with Crippen LogP contribution in [0.5, 0.6) is 5.75 Å². The molecule has 1 unspecified atom stereocenters. The lowest BCUT2D eigenvalue weighted by molar-refractivity contribution is 0.396. The minimum atomic E-state index is -0.533. The number of nitrogens with one attached hydrogen (secondary N) is 1. The summed E-state index contributed by atoms with van der Waals surface area (Å²) in [7, 11) is 0. The number of fused-ring (bicyclic) bond motifs is 1. The number of allylic oxidation sites excluding steroid dienone is 1. The van der Waals surface area contributed by atoms with Gasteiger partial charge in [-0.25, -0.2) is 0 Å². The maximum absolute atomic E-state index is 6.52. The van der Waals surface area contributed by atoms with Crippen molar-refractivity contribution < 1.29 is 4.74 Å². The lowest BCUT2D eigenvalue weighted by Gasteiger charge is -2.27. The zero-order valence-corrected chi connectivity index (χ0v) is 13.0. The van der Waals surface area contributed by atoms with E-state index < -0.39 is 5.54 Å². The Morgan fingerprint density at radius 1 is 1.33 bits per heavy atom. The van der Waals surface area contributed by atoms with Crippen LogP contribution in [0.15, 0.2) is 47.3 Å². The van der Waals surface area contributed by atoms with Crippen LogP contribution in [-0.4, -0.2) is 0 Å². The Kier molecular flexibility index (Phi) is 3.39. The van der Waals surface area contributed by atoms with E-state index >= 15 is 0 Å². The van der Waals surface area contributed by atoms with Gasteiger partial charge in [-0.3, -0.25) is 0 Å². The van der Waals surface area contributed by atoms with Crippen LogP contribution in [0.1, 0.15) is 30.7 Å². The predicted molar refractivity (Wildman–Crippen MR) is 87.2 cm³/mol. The molecule has 5 N–H and O–H groups in total. The second kappa shape index (κ2) is 5.09. The quantitative estimate of drug-likeness (QED) is 0.813. The summed E-state index contributed by atoms with van der Waals surface area (Å²) < 4.78 is 5.81. The molecule has 1 atom stereocenters. The fourth-order valence-electron chi connectivity index (χ4n) is 2.42. The lowest BCUT2D eigenvalue weighted by atomic mass is 9.91. The van der Waals surface area contributed by atoms with Crippen molar-refractivity contribution in [3.8, 4) is 5.75 Å². The second-order valence-corrected chi connectivity index (χ2v) is 6.26. The van der Waals surface area contributed by atoms with Crippen LogP contribution >= 0.6 is 11.3 Å². The molecule has 0 amide bonds. The number of benzene rings is 1. The molecule has 0 aliphatic carbocycles. The molecule has 3 rings (SSSR count). The Morgan fingerprint density at radius 2 is 2.14 bits per heavy atom. The molecule has 0 radical (unpaired) electrons. The highest BCUT2D eigenvalue weighted by Crippen LogP contribution is 2.37. The number of ether oxygens (including phenoxy) is 1. The molecular formula is C16H19N3OS. The highest BCUT2D eigenvalue weighted by molar-refractivity contribution is 7.10. The van der Waals surface area contributed by atoms with Gasteiger partial charge < -0.3 is 21.5 Å². The lowest BCUT2D eigenvalue weighted by Crippen LogP contribution is -2.33. The molecule has 0 fully saturated rings. The van der Waals surface area contributed by atoms with Gasteiger partial charge in [0.15, 0.2) is 5.75 Å². The van der Waals surface area contributed by atoms with E-state index in [0.717, 1.165) is 34.1 Å². The van der Waals surface area contributed by atoms with Crippen LogP contribution in [0.2, 0.25) is 0 Å². The first-order valence-electron chi connectivity index (χ1n) is 6.93. The van der Waals surface area contributed by atoms with Crippen LogP contribution in [0, 0.1) is 0 Å². The summed E-state index contributed by atoms with van der Waals surface area (Å²) in [6.45, 7) is 4.03. The van der Waals surface area contributed by atoms with E-state index in [4.69, 9.17) is 16.2 Å². The van der Waals surface area contributed by atoms with Gasteiger partial charge in [-0.15, -0.1) is 11.3 Å². The molecule has 1 aliphatic heterocycles. The monoisotopic (exact) mass is 301 g/mol. The largest absolute Gasteiger partial charge is 0.456 e. The van der Waals surface area contributed by atoms with Gasteiger partial charge in [0, 0.05) is 11.3 Å². The summed E-state index contributed by atoms with van der Waals surface area (Å²) in [5.41, 5.74) is 13.8. The fraction of sp³-hybridized carbons (Fsp3) is 0.250. The van der Waals surface area contributed by atoms with Crippen molar-refractivity contribution in [3.05, 3.63) is 57.7 Å². The molecule has 1 aromatic carbocycles. The first-order chi connectivity index (χ1) is 10.0. The molecule has 21 heavy (non-hydrogen) atoms. The Labute approximate surface area is 128 Å². The molecule has 5 heteroatoms. The van der Waals surface area contributed by atoms with Gasteiger partial charge in [0.25, 0.3) is 0 Å². The maximum atomic E-state index is 6.52. The minimum absolute atomic E-state index is 0.533. The summed E-state index contributed by atoms with van der Waals surface area (Å²) >= 11 is 1.66. The third kappa shape index (κ3) is 2.39. The molecule has 1 aliphatic rings. The smallest absolute Gasteiger partial charge is 0.150 e. The van der Waals surface area contributed by atoms with Gasteiger partial charge in [0.2, 0.25) is 0 Å². The molecule has 0 saturated heterocycles. The van der Waals surface area contributed by atoms with E-state index in [-0.39, 0.29) is 0 Å². The molecule has 110 valence electrons. The van der Waals surface area contributed by atoms with Crippen molar-refractivity contribution in [2.75, 3.05) is 5.32 Å². The molecule has 1 aromatic heterocycles. The predicted octanol–water partition coefficient (Wildman–Crippen LogP) is 3.31. The van der Waals surface area contributed by atoms with Crippen molar-refractivity contribution in [1.82, 2.24) is 0 Å². The average Bonchev–Trinajstić information content (AvgIpc) is 3.00. The van der Waals surface area contributed by atoms with Crippen LogP contribution in [0.4, 0.5) is 5.69 Å². The first-order valence-corrected chi connectivity index (χ1v) is 7.81. The fourth-order valence-corrected chi connectivity index (χ4v) is 3.24.